The summed E-state index contributed by atoms with van der Waals surface area (Å²) < 4.78 is 36.6. The number of amides is 1. The van der Waals surface area contributed by atoms with E-state index in [1.165, 1.54) is 0 Å². The van der Waals surface area contributed by atoms with Crippen molar-refractivity contribution in [2.24, 2.45) is 5.73 Å². The fourth-order valence-electron chi connectivity index (χ4n) is 2.24. The summed E-state index contributed by atoms with van der Waals surface area (Å²) in [7, 11) is 0. The third kappa shape index (κ3) is 6.04. The van der Waals surface area contributed by atoms with Crippen molar-refractivity contribution in [1.82, 2.24) is 0 Å². The molecule has 2 aromatic carbocycles. The van der Waals surface area contributed by atoms with Gasteiger partial charge in [0.05, 0.1) is 6.04 Å². The Morgan fingerprint density at radius 1 is 1.00 bits per heavy atom. The lowest BCUT2D eigenvalue weighted by Gasteiger charge is -2.13. The minimum Gasteiger partial charge on any atom is -0.325 e. The molecule has 0 aromatic heterocycles. The van der Waals surface area contributed by atoms with Gasteiger partial charge in [0.15, 0.2) is 0 Å². The second kappa shape index (κ2) is 7.97. The van der Waals surface area contributed by atoms with Gasteiger partial charge < -0.3 is 11.1 Å². The number of rotatable bonds is 6. The van der Waals surface area contributed by atoms with Crippen LogP contribution in [0.25, 0.3) is 0 Å². The smallest absolute Gasteiger partial charge is 0.325 e. The Balaban J connectivity index is 1.87. The maximum Gasteiger partial charge on any atom is 0.389 e. The van der Waals surface area contributed by atoms with E-state index in [1.54, 1.807) is 24.3 Å². The highest BCUT2D eigenvalue weighted by Gasteiger charge is 2.26. The number of carbonyl (C=O) groups is 1. The first kappa shape index (κ1) is 18.0. The Bertz CT molecular complexity index is 654. The minimum absolute atomic E-state index is 0.0781. The fraction of sp³-hybridized carbons (Fsp3) is 0.278. The van der Waals surface area contributed by atoms with Crippen molar-refractivity contribution >= 4 is 11.6 Å². The first-order valence-electron chi connectivity index (χ1n) is 7.59. The number of hydrogen-bond acceptors (Lipinski definition) is 2. The molecule has 0 radical (unpaired) electrons. The highest BCUT2D eigenvalue weighted by Crippen LogP contribution is 2.22. The number of hydrogen-bond donors (Lipinski definition) is 2. The van der Waals surface area contributed by atoms with Gasteiger partial charge in [0, 0.05) is 12.1 Å². The zero-order chi connectivity index (χ0) is 17.6. The van der Waals surface area contributed by atoms with E-state index in [1.807, 2.05) is 30.3 Å². The van der Waals surface area contributed by atoms with E-state index in [2.05, 4.69) is 5.32 Å². The largest absolute Gasteiger partial charge is 0.389 e. The molecule has 2 aromatic rings. The Kier molecular flexibility index (Phi) is 5.98. The number of carbonyl (C=O) groups excluding carboxylic acids is 1. The van der Waals surface area contributed by atoms with Crippen LogP contribution in [-0.4, -0.2) is 18.1 Å². The number of benzene rings is 2. The summed E-state index contributed by atoms with van der Waals surface area (Å²) in [5, 5.41) is 2.68. The van der Waals surface area contributed by atoms with Gasteiger partial charge in [-0.3, -0.25) is 4.79 Å². The van der Waals surface area contributed by atoms with Gasteiger partial charge in [0.25, 0.3) is 0 Å². The first-order chi connectivity index (χ1) is 11.3. The summed E-state index contributed by atoms with van der Waals surface area (Å²) in [4.78, 5) is 12.1. The van der Waals surface area contributed by atoms with E-state index in [-0.39, 0.29) is 12.3 Å². The van der Waals surface area contributed by atoms with Crippen molar-refractivity contribution in [3.63, 3.8) is 0 Å². The van der Waals surface area contributed by atoms with E-state index in [0.717, 1.165) is 5.56 Å². The number of halogens is 3. The Morgan fingerprint density at radius 2 is 1.62 bits per heavy atom. The van der Waals surface area contributed by atoms with Crippen molar-refractivity contribution in [3.05, 3.63) is 65.7 Å². The van der Waals surface area contributed by atoms with Gasteiger partial charge >= 0.3 is 6.18 Å². The molecule has 6 heteroatoms. The third-order valence-electron chi connectivity index (χ3n) is 3.55. The molecule has 3 N–H and O–H groups in total. The molecule has 128 valence electrons. The number of aryl methyl sites for hydroxylation is 1. The molecule has 0 heterocycles. The number of nitrogens with one attached hydrogen (secondary N) is 1. The van der Waals surface area contributed by atoms with Gasteiger partial charge in [-0.15, -0.1) is 0 Å². The van der Waals surface area contributed by atoms with Crippen LogP contribution >= 0.6 is 0 Å². The van der Waals surface area contributed by atoms with Gasteiger partial charge in [-0.05, 0) is 36.1 Å². The molecule has 0 aliphatic rings. The lowest BCUT2D eigenvalue weighted by atomic mass is 10.1. The van der Waals surface area contributed by atoms with Crippen molar-refractivity contribution in [3.8, 4) is 0 Å². The predicted octanol–water partition coefficient (Wildman–Crippen LogP) is 3.69. The van der Waals surface area contributed by atoms with Crippen LogP contribution in [0.2, 0.25) is 0 Å². The van der Waals surface area contributed by atoms with E-state index in [9.17, 15) is 18.0 Å². The molecule has 0 spiro atoms. The molecule has 2 rings (SSSR count). The highest BCUT2D eigenvalue weighted by molar-refractivity contribution is 5.94. The van der Waals surface area contributed by atoms with E-state index >= 15 is 0 Å². The lowest BCUT2D eigenvalue weighted by Crippen LogP contribution is -2.37. The van der Waals surface area contributed by atoms with E-state index < -0.39 is 18.6 Å². The quantitative estimate of drug-likeness (QED) is 0.845. The Morgan fingerprint density at radius 3 is 2.21 bits per heavy atom. The molecule has 0 saturated heterocycles. The van der Waals surface area contributed by atoms with Crippen LogP contribution in [0.4, 0.5) is 18.9 Å². The standard InChI is InChI=1S/C18H19F3N2O/c19-18(20,21)11-10-13-6-8-15(9-7-13)23-17(24)16(22)12-14-4-2-1-3-5-14/h1-9,16H,10-12,22H2,(H,23,24)/t16-/m0/s1. The van der Waals surface area contributed by atoms with Gasteiger partial charge in [0.1, 0.15) is 0 Å². The summed E-state index contributed by atoms with van der Waals surface area (Å²) in [6.45, 7) is 0. The number of alkyl halides is 3. The van der Waals surface area contributed by atoms with Crippen molar-refractivity contribution in [2.45, 2.75) is 31.5 Å². The maximum absolute atomic E-state index is 12.2. The predicted molar refractivity (Wildman–Crippen MR) is 87.6 cm³/mol. The third-order valence-corrected chi connectivity index (χ3v) is 3.55. The zero-order valence-corrected chi connectivity index (χ0v) is 13.0. The molecular weight excluding hydrogens is 317 g/mol. The van der Waals surface area contributed by atoms with E-state index in [4.69, 9.17) is 5.73 Å². The second-order valence-electron chi connectivity index (χ2n) is 5.60. The molecule has 0 saturated carbocycles. The molecule has 0 unspecified atom stereocenters. The summed E-state index contributed by atoms with van der Waals surface area (Å²) in [5.41, 5.74) is 7.93. The van der Waals surface area contributed by atoms with Crippen molar-refractivity contribution < 1.29 is 18.0 Å². The van der Waals surface area contributed by atoms with Crippen LogP contribution in [0, 0.1) is 0 Å². The van der Waals surface area contributed by atoms with Crippen molar-refractivity contribution in [1.29, 1.82) is 0 Å². The Hall–Kier alpha value is -2.34. The minimum atomic E-state index is -4.17. The second-order valence-corrected chi connectivity index (χ2v) is 5.60. The lowest BCUT2D eigenvalue weighted by molar-refractivity contribution is -0.134. The molecule has 1 atom stereocenters. The van der Waals surface area contributed by atoms with Gasteiger partial charge in [0.2, 0.25) is 5.91 Å². The molecule has 0 aliphatic heterocycles. The summed E-state index contributed by atoms with van der Waals surface area (Å²) in [6, 6.07) is 15.0. The van der Waals surface area contributed by atoms with Crippen LogP contribution in [0.5, 0.6) is 0 Å². The zero-order valence-electron chi connectivity index (χ0n) is 13.0. The first-order valence-corrected chi connectivity index (χ1v) is 7.59. The molecule has 0 aliphatic carbocycles. The SMILES string of the molecule is N[C@@H](Cc1ccccc1)C(=O)Nc1ccc(CCC(F)(F)F)cc1. The normalized spacial score (nSPS) is 12.7. The monoisotopic (exact) mass is 336 g/mol. The molecule has 1 amide bonds. The summed E-state index contributed by atoms with van der Waals surface area (Å²) in [6.07, 6.45) is -4.70. The highest BCUT2D eigenvalue weighted by atomic mass is 19.4. The molecule has 0 fully saturated rings. The van der Waals surface area contributed by atoms with Crippen LogP contribution in [-0.2, 0) is 17.6 Å². The molecule has 0 bridgehead atoms. The van der Waals surface area contributed by atoms with Gasteiger partial charge in [-0.1, -0.05) is 42.5 Å². The Labute approximate surface area is 138 Å². The molecular formula is C18H19F3N2O. The summed E-state index contributed by atoms with van der Waals surface area (Å²) >= 11 is 0. The molecule has 3 nitrogen and oxygen atoms in total. The van der Waals surface area contributed by atoms with Crippen molar-refractivity contribution in [2.75, 3.05) is 5.32 Å². The number of anilines is 1. The fourth-order valence-corrected chi connectivity index (χ4v) is 2.24. The van der Waals surface area contributed by atoms with Crippen LogP contribution < -0.4 is 11.1 Å². The van der Waals surface area contributed by atoms with Gasteiger partial charge in [-0.25, -0.2) is 0 Å². The average Bonchev–Trinajstić information content (AvgIpc) is 2.54. The van der Waals surface area contributed by atoms with Gasteiger partial charge in [-0.2, -0.15) is 13.2 Å². The maximum atomic E-state index is 12.2. The van der Waals surface area contributed by atoms with Crippen LogP contribution in [0.15, 0.2) is 54.6 Å². The number of nitrogens with two attached hydrogens (primary N) is 1. The van der Waals surface area contributed by atoms with Crippen LogP contribution in [0.3, 0.4) is 0 Å². The van der Waals surface area contributed by atoms with Crippen LogP contribution in [0.1, 0.15) is 17.5 Å². The molecule has 24 heavy (non-hydrogen) atoms. The summed E-state index contributed by atoms with van der Waals surface area (Å²) in [5.74, 6) is -0.332. The average molecular weight is 336 g/mol. The van der Waals surface area contributed by atoms with E-state index in [0.29, 0.717) is 17.7 Å². The topological polar surface area (TPSA) is 55.1 Å².